The van der Waals surface area contributed by atoms with Gasteiger partial charge in [0.1, 0.15) is 0 Å². The summed E-state index contributed by atoms with van der Waals surface area (Å²) < 4.78 is 4.88. The summed E-state index contributed by atoms with van der Waals surface area (Å²) in [7, 11) is 0. The number of rotatable bonds is 7. The first-order valence-corrected chi connectivity index (χ1v) is 6.43. The minimum absolute atomic E-state index is 0.0668. The van der Waals surface area contributed by atoms with Crippen LogP contribution in [0.1, 0.15) is 43.7 Å². The minimum Gasteiger partial charge on any atom is -0.466 e. The van der Waals surface area contributed by atoms with E-state index in [4.69, 9.17) is 4.74 Å². The van der Waals surface area contributed by atoms with Crippen molar-refractivity contribution in [2.75, 3.05) is 6.61 Å². The van der Waals surface area contributed by atoms with Crippen molar-refractivity contribution in [2.24, 2.45) is 0 Å². The van der Waals surface area contributed by atoms with E-state index in [1.165, 1.54) is 11.1 Å². The molecule has 0 fully saturated rings. The largest absolute Gasteiger partial charge is 0.466 e. The number of esters is 1. The molecule has 0 radical (unpaired) electrons. The van der Waals surface area contributed by atoms with Gasteiger partial charge in [0, 0.05) is 6.42 Å². The highest BCUT2D eigenvalue weighted by Gasteiger charge is 2.00. The molecular formula is C15H22O2. The van der Waals surface area contributed by atoms with Crippen LogP contribution in [0, 0.1) is 6.92 Å². The Morgan fingerprint density at radius 3 is 2.47 bits per heavy atom. The van der Waals surface area contributed by atoms with Gasteiger partial charge in [-0.1, -0.05) is 36.2 Å². The SMILES string of the molecule is CCOC(=O)CCCCCc1ccc(C)cc1. The second-order valence-electron chi connectivity index (χ2n) is 4.35. The monoisotopic (exact) mass is 234 g/mol. The van der Waals surface area contributed by atoms with E-state index in [0.29, 0.717) is 13.0 Å². The molecule has 17 heavy (non-hydrogen) atoms. The molecule has 0 heterocycles. The second kappa shape index (κ2) is 7.88. The normalized spacial score (nSPS) is 10.2. The summed E-state index contributed by atoms with van der Waals surface area (Å²) >= 11 is 0. The van der Waals surface area contributed by atoms with Crippen LogP contribution in [0.3, 0.4) is 0 Å². The molecule has 0 spiro atoms. The van der Waals surface area contributed by atoms with E-state index in [1.807, 2.05) is 6.92 Å². The second-order valence-corrected chi connectivity index (χ2v) is 4.35. The maximum atomic E-state index is 11.1. The zero-order chi connectivity index (χ0) is 12.5. The fourth-order valence-corrected chi connectivity index (χ4v) is 1.76. The molecule has 0 bridgehead atoms. The van der Waals surface area contributed by atoms with Crippen LogP contribution < -0.4 is 0 Å². The van der Waals surface area contributed by atoms with E-state index in [1.54, 1.807) is 0 Å². The maximum Gasteiger partial charge on any atom is 0.305 e. The summed E-state index contributed by atoms with van der Waals surface area (Å²) in [6, 6.07) is 8.66. The summed E-state index contributed by atoms with van der Waals surface area (Å²) in [6.45, 7) is 4.43. The molecule has 0 N–H and O–H groups in total. The first kappa shape index (κ1) is 13.8. The van der Waals surface area contributed by atoms with Crippen molar-refractivity contribution in [1.82, 2.24) is 0 Å². The zero-order valence-electron chi connectivity index (χ0n) is 10.9. The molecule has 0 aliphatic carbocycles. The Balaban J connectivity index is 2.08. The van der Waals surface area contributed by atoms with Gasteiger partial charge in [0.15, 0.2) is 0 Å². The molecule has 0 aromatic heterocycles. The smallest absolute Gasteiger partial charge is 0.305 e. The van der Waals surface area contributed by atoms with Gasteiger partial charge in [-0.2, -0.15) is 0 Å². The van der Waals surface area contributed by atoms with Gasteiger partial charge in [-0.25, -0.2) is 0 Å². The first-order chi connectivity index (χ1) is 8.22. The van der Waals surface area contributed by atoms with E-state index in [2.05, 4.69) is 31.2 Å². The summed E-state index contributed by atoms with van der Waals surface area (Å²) in [5.74, 6) is -0.0668. The lowest BCUT2D eigenvalue weighted by atomic mass is 10.0. The van der Waals surface area contributed by atoms with Gasteiger partial charge in [0.05, 0.1) is 6.61 Å². The standard InChI is InChI=1S/C15H22O2/c1-3-17-15(16)8-6-4-5-7-14-11-9-13(2)10-12-14/h9-12H,3-8H2,1-2H3. The highest BCUT2D eigenvalue weighted by atomic mass is 16.5. The molecular weight excluding hydrogens is 212 g/mol. The molecule has 1 aromatic carbocycles. The highest BCUT2D eigenvalue weighted by molar-refractivity contribution is 5.69. The lowest BCUT2D eigenvalue weighted by molar-refractivity contribution is -0.143. The topological polar surface area (TPSA) is 26.3 Å². The van der Waals surface area contributed by atoms with Crippen LogP contribution in [0.15, 0.2) is 24.3 Å². The average Bonchev–Trinajstić information content (AvgIpc) is 2.31. The van der Waals surface area contributed by atoms with Crippen molar-refractivity contribution >= 4 is 5.97 Å². The average molecular weight is 234 g/mol. The van der Waals surface area contributed by atoms with Crippen molar-refractivity contribution in [3.63, 3.8) is 0 Å². The van der Waals surface area contributed by atoms with Crippen LogP contribution >= 0.6 is 0 Å². The zero-order valence-corrected chi connectivity index (χ0v) is 10.9. The summed E-state index contributed by atoms with van der Waals surface area (Å²) in [5, 5.41) is 0. The van der Waals surface area contributed by atoms with Gasteiger partial charge in [-0.05, 0) is 38.7 Å². The van der Waals surface area contributed by atoms with Crippen LogP contribution in [0.4, 0.5) is 0 Å². The Bertz CT molecular complexity index is 327. The third-order valence-corrected chi connectivity index (χ3v) is 2.77. The van der Waals surface area contributed by atoms with Gasteiger partial charge >= 0.3 is 5.97 Å². The number of carbonyl (C=O) groups excluding carboxylic acids is 1. The summed E-state index contributed by atoms with van der Waals surface area (Å²) in [6.07, 6.45) is 4.82. The number of unbranched alkanes of at least 4 members (excludes halogenated alkanes) is 2. The van der Waals surface area contributed by atoms with E-state index in [0.717, 1.165) is 25.7 Å². The predicted octanol–water partition coefficient (Wildman–Crippen LogP) is 3.66. The quantitative estimate of drug-likeness (QED) is 0.531. The van der Waals surface area contributed by atoms with Crippen LogP contribution in [-0.4, -0.2) is 12.6 Å². The Labute approximate surface area is 104 Å². The Kier molecular flexibility index (Phi) is 6.38. The van der Waals surface area contributed by atoms with Crippen molar-refractivity contribution in [1.29, 1.82) is 0 Å². The van der Waals surface area contributed by atoms with Crippen LogP contribution in [0.5, 0.6) is 0 Å². The van der Waals surface area contributed by atoms with Gasteiger partial charge in [-0.15, -0.1) is 0 Å². The third kappa shape index (κ3) is 6.10. The third-order valence-electron chi connectivity index (χ3n) is 2.77. The van der Waals surface area contributed by atoms with E-state index in [9.17, 15) is 4.79 Å². The molecule has 0 aliphatic rings. The summed E-state index contributed by atoms with van der Waals surface area (Å²) in [4.78, 5) is 11.1. The molecule has 0 amide bonds. The van der Waals surface area contributed by atoms with Crippen LogP contribution in [0.25, 0.3) is 0 Å². The van der Waals surface area contributed by atoms with Gasteiger partial charge < -0.3 is 4.74 Å². The molecule has 0 aliphatic heterocycles. The van der Waals surface area contributed by atoms with Crippen LogP contribution in [0.2, 0.25) is 0 Å². The first-order valence-electron chi connectivity index (χ1n) is 6.43. The Hall–Kier alpha value is -1.31. The van der Waals surface area contributed by atoms with Gasteiger partial charge in [0.25, 0.3) is 0 Å². The van der Waals surface area contributed by atoms with Crippen molar-refractivity contribution in [2.45, 2.75) is 46.0 Å². The fraction of sp³-hybridized carbons (Fsp3) is 0.533. The van der Waals surface area contributed by atoms with E-state index < -0.39 is 0 Å². The number of carbonyl (C=O) groups is 1. The van der Waals surface area contributed by atoms with Crippen molar-refractivity contribution in [3.8, 4) is 0 Å². The molecule has 94 valence electrons. The molecule has 0 unspecified atom stereocenters. The molecule has 0 atom stereocenters. The lowest BCUT2D eigenvalue weighted by Crippen LogP contribution is -2.03. The Morgan fingerprint density at radius 2 is 1.82 bits per heavy atom. The summed E-state index contributed by atoms with van der Waals surface area (Å²) in [5.41, 5.74) is 2.68. The number of benzene rings is 1. The Morgan fingerprint density at radius 1 is 1.12 bits per heavy atom. The van der Waals surface area contributed by atoms with Gasteiger partial charge in [0.2, 0.25) is 0 Å². The number of hydrogen-bond donors (Lipinski definition) is 0. The van der Waals surface area contributed by atoms with E-state index in [-0.39, 0.29) is 5.97 Å². The van der Waals surface area contributed by atoms with Crippen molar-refractivity contribution < 1.29 is 9.53 Å². The number of aryl methyl sites for hydroxylation is 2. The van der Waals surface area contributed by atoms with Gasteiger partial charge in [-0.3, -0.25) is 4.79 Å². The fourth-order valence-electron chi connectivity index (χ4n) is 1.76. The number of ether oxygens (including phenoxy) is 1. The highest BCUT2D eigenvalue weighted by Crippen LogP contribution is 2.09. The molecule has 1 rings (SSSR count). The number of hydrogen-bond acceptors (Lipinski definition) is 2. The van der Waals surface area contributed by atoms with E-state index >= 15 is 0 Å². The molecule has 1 aromatic rings. The van der Waals surface area contributed by atoms with Crippen molar-refractivity contribution in [3.05, 3.63) is 35.4 Å². The molecule has 2 nitrogen and oxygen atoms in total. The molecule has 0 saturated heterocycles. The van der Waals surface area contributed by atoms with Crippen LogP contribution in [-0.2, 0) is 16.0 Å². The minimum atomic E-state index is -0.0668. The lowest BCUT2D eigenvalue weighted by Gasteiger charge is -2.03. The predicted molar refractivity (Wildman–Crippen MR) is 70.0 cm³/mol. The molecule has 2 heteroatoms. The maximum absolute atomic E-state index is 11.1. The molecule has 0 saturated carbocycles.